The summed E-state index contributed by atoms with van der Waals surface area (Å²) in [5, 5.41) is 5.59. The zero-order chi connectivity index (χ0) is 10.7. The van der Waals surface area contributed by atoms with E-state index >= 15 is 0 Å². The van der Waals surface area contributed by atoms with Crippen LogP contribution in [0.4, 0.5) is 10.5 Å². The number of nitrogens with one attached hydrogen (secondary N) is 2. The van der Waals surface area contributed by atoms with Crippen molar-refractivity contribution in [2.45, 2.75) is 0 Å². The minimum absolute atomic E-state index is 0.571. The number of anilines is 1. The zero-order valence-electron chi connectivity index (χ0n) is 8.03. The SMILES string of the molecule is NC(=O)NC1=CNc2ccccc2C=C1. The number of carbonyl (C=O) groups is 1. The van der Waals surface area contributed by atoms with Crippen molar-refractivity contribution in [2.24, 2.45) is 5.73 Å². The predicted octanol–water partition coefficient (Wildman–Crippen LogP) is 1.64. The van der Waals surface area contributed by atoms with Crippen molar-refractivity contribution < 1.29 is 4.79 Å². The van der Waals surface area contributed by atoms with Crippen LogP contribution in [0.2, 0.25) is 0 Å². The monoisotopic (exact) mass is 201 g/mol. The number of primary amides is 1. The van der Waals surface area contributed by atoms with Gasteiger partial charge in [0.2, 0.25) is 0 Å². The van der Waals surface area contributed by atoms with Crippen molar-refractivity contribution in [2.75, 3.05) is 5.32 Å². The van der Waals surface area contributed by atoms with Gasteiger partial charge in [0.25, 0.3) is 0 Å². The molecule has 0 saturated heterocycles. The van der Waals surface area contributed by atoms with Crippen molar-refractivity contribution in [3.05, 3.63) is 47.8 Å². The van der Waals surface area contributed by atoms with Gasteiger partial charge in [-0.2, -0.15) is 0 Å². The van der Waals surface area contributed by atoms with Crippen LogP contribution in [0, 0.1) is 0 Å². The fourth-order valence-electron chi connectivity index (χ4n) is 1.38. The summed E-state index contributed by atoms with van der Waals surface area (Å²) in [6.45, 7) is 0. The Hall–Kier alpha value is -2.23. The van der Waals surface area contributed by atoms with Gasteiger partial charge in [-0.1, -0.05) is 24.3 Å². The lowest BCUT2D eigenvalue weighted by Crippen LogP contribution is -2.28. The molecule has 0 fully saturated rings. The Morgan fingerprint density at radius 1 is 1.27 bits per heavy atom. The van der Waals surface area contributed by atoms with Crippen LogP contribution in [0.1, 0.15) is 5.56 Å². The van der Waals surface area contributed by atoms with E-state index in [2.05, 4.69) is 10.6 Å². The minimum atomic E-state index is -0.571. The first-order chi connectivity index (χ1) is 7.25. The maximum Gasteiger partial charge on any atom is 0.316 e. The second kappa shape index (κ2) is 3.88. The highest BCUT2D eigenvalue weighted by molar-refractivity contribution is 5.77. The standard InChI is InChI=1S/C11H11N3O/c12-11(15)14-9-6-5-8-3-1-2-4-10(8)13-7-9/h1-7,13H,(H3,12,14,15). The van der Waals surface area contributed by atoms with E-state index in [0.717, 1.165) is 11.3 Å². The lowest BCUT2D eigenvalue weighted by atomic mass is 10.2. The molecule has 15 heavy (non-hydrogen) atoms. The highest BCUT2D eigenvalue weighted by Gasteiger charge is 2.03. The molecule has 0 atom stereocenters. The predicted molar refractivity (Wildman–Crippen MR) is 59.9 cm³/mol. The normalized spacial score (nSPS) is 13.2. The van der Waals surface area contributed by atoms with Gasteiger partial charge in [-0.3, -0.25) is 0 Å². The van der Waals surface area contributed by atoms with E-state index in [1.165, 1.54) is 0 Å². The summed E-state index contributed by atoms with van der Waals surface area (Å²) in [6.07, 6.45) is 5.41. The molecular weight excluding hydrogens is 190 g/mol. The number of hydrogen-bond acceptors (Lipinski definition) is 2. The number of hydrogen-bond donors (Lipinski definition) is 3. The fraction of sp³-hybridized carbons (Fsp3) is 0. The number of para-hydroxylation sites is 1. The van der Waals surface area contributed by atoms with Crippen LogP contribution in [0.3, 0.4) is 0 Å². The molecule has 0 unspecified atom stereocenters. The van der Waals surface area contributed by atoms with Crippen LogP contribution in [0.15, 0.2) is 42.2 Å². The molecular formula is C11H11N3O. The molecule has 0 bridgehead atoms. The van der Waals surface area contributed by atoms with Gasteiger partial charge in [0, 0.05) is 11.9 Å². The maximum atomic E-state index is 10.7. The van der Waals surface area contributed by atoms with E-state index in [-0.39, 0.29) is 0 Å². The van der Waals surface area contributed by atoms with Gasteiger partial charge in [-0.05, 0) is 17.7 Å². The largest absolute Gasteiger partial charge is 0.359 e. The lowest BCUT2D eigenvalue weighted by Gasteiger charge is -2.03. The smallest absolute Gasteiger partial charge is 0.316 e. The average molecular weight is 201 g/mol. The number of rotatable bonds is 1. The summed E-state index contributed by atoms with van der Waals surface area (Å²) < 4.78 is 0. The molecule has 2 amide bonds. The number of benzene rings is 1. The number of nitrogens with two attached hydrogens (primary N) is 1. The summed E-state index contributed by atoms with van der Waals surface area (Å²) in [6, 6.07) is 7.28. The fourth-order valence-corrected chi connectivity index (χ4v) is 1.38. The number of fused-ring (bicyclic) bond motifs is 1. The summed E-state index contributed by atoms with van der Waals surface area (Å²) in [7, 11) is 0. The average Bonchev–Trinajstić information content (AvgIpc) is 2.41. The summed E-state index contributed by atoms with van der Waals surface area (Å²) in [5.74, 6) is 0. The molecule has 1 aromatic carbocycles. The Kier molecular flexibility index (Phi) is 2.41. The number of urea groups is 1. The maximum absolute atomic E-state index is 10.7. The summed E-state index contributed by atoms with van der Waals surface area (Å²) in [5.41, 5.74) is 7.72. The van der Waals surface area contributed by atoms with Crippen molar-refractivity contribution in [1.82, 2.24) is 5.32 Å². The summed E-state index contributed by atoms with van der Waals surface area (Å²) >= 11 is 0. The highest BCUT2D eigenvalue weighted by atomic mass is 16.2. The highest BCUT2D eigenvalue weighted by Crippen LogP contribution is 2.19. The molecule has 4 nitrogen and oxygen atoms in total. The number of carbonyl (C=O) groups excluding carboxylic acids is 1. The van der Waals surface area contributed by atoms with E-state index in [1.807, 2.05) is 30.3 Å². The Bertz CT molecular complexity index is 449. The molecule has 1 heterocycles. The Morgan fingerprint density at radius 3 is 2.87 bits per heavy atom. The molecule has 0 aromatic heterocycles. The molecule has 1 aliphatic heterocycles. The Balaban J connectivity index is 2.25. The van der Waals surface area contributed by atoms with E-state index in [9.17, 15) is 4.79 Å². The van der Waals surface area contributed by atoms with Gasteiger partial charge in [-0.25, -0.2) is 4.79 Å². The molecule has 0 saturated carbocycles. The van der Waals surface area contributed by atoms with Gasteiger partial charge in [0.05, 0.1) is 5.70 Å². The van der Waals surface area contributed by atoms with Crippen molar-refractivity contribution in [1.29, 1.82) is 0 Å². The van der Waals surface area contributed by atoms with Gasteiger partial charge in [0.1, 0.15) is 0 Å². The molecule has 0 radical (unpaired) electrons. The first-order valence-corrected chi connectivity index (χ1v) is 4.56. The van der Waals surface area contributed by atoms with Crippen LogP contribution < -0.4 is 16.4 Å². The van der Waals surface area contributed by atoms with Crippen LogP contribution in [0.5, 0.6) is 0 Å². The van der Waals surface area contributed by atoms with Crippen molar-refractivity contribution in [3.63, 3.8) is 0 Å². The second-order valence-corrected chi connectivity index (χ2v) is 3.15. The number of amides is 2. The molecule has 0 spiro atoms. The van der Waals surface area contributed by atoms with Gasteiger partial charge >= 0.3 is 6.03 Å². The molecule has 76 valence electrons. The zero-order valence-corrected chi connectivity index (χ0v) is 8.03. The van der Waals surface area contributed by atoms with E-state index in [4.69, 9.17) is 5.73 Å². The third-order valence-electron chi connectivity index (χ3n) is 2.05. The Morgan fingerprint density at radius 2 is 2.07 bits per heavy atom. The minimum Gasteiger partial charge on any atom is -0.359 e. The van der Waals surface area contributed by atoms with E-state index in [0.29, 0.717) is 5.70 Å². The topological polar surface area (TPSA) is 67.2 Å². The first kappa shape index (κ1) is 9.33. The van der Waals surface area contributed by atoms with Crippen molar-refractivity contribution in [3.8, 4) is 0 Å². The van der Waals surface area contributed by atoms with Gasteiger partial charge < -0.3 is 16.4 Å². The van der Waals surface area contributed by atoms with E-state index in [1.54, 1.807) is 12.3 Å². The van der Waals surface area contributed by atoms with E-state index < -0.39 is 6.03 Å². The lowest BCUT2D eigenvalue weighted by molar-refractivity contribution is 0.251. The van der Waals surface area contributed by atoms with Gasteiger partial charge in [0.15, 0.2) is 0 Å². The molecule has 1 aromatic rings. The molecule has 4 N–H and O–H groups in total. The van der Waals surface area contributed by atoms with Crippen LogP contribution >= 0.6 is 0 Å². The third kappa shape index (κ3) is 2.17. The van der Waals surface area contributed by atoms with Gasteiger partial charge in [-0.15, -0.1) is 0 Å². The molecule has 0 aliphatic carbocycles. The van der Waals surface area contributed by atoms with Crippen LogP contribution in [-0.4, -0.2) is 6.03 Å². The second-order valence-electron chi connectivity index (χ2n) is 3.15. The summed E-state index contributed by atoms with van der Waals surface area (Å²) in [4.78, 5) is 10.7. The van der Waals surface area contributed by atoms with Crippen LogP contribution in [0.25, 0.3) is 6.08 Å². The quantitative estimate of drug-likeness (QED) is 0.646. The Labute approximate surface area is 87.5 Å². The molecule has 4 heteroatoms. The van der Waals surface area contributed by atoms with Crippen molar-refractivity contribution >= 4 is 17.8 Å². The first-order valence-electron chi connectivity index (χ1n) is 4.56. The van der Waals surface area contributed by atoms with Crippen LogP contribution in [-0.2, 0) is 0 Å². The molecule has 1 aliphatic rings. The third-order valence-corrected chi connectivity index (χ3v) is 2.05. The molecule has 2 rings (SSSR count). The number of allylic oxidation sites excluding steroid dienone is 1.